The lowest BCUT2D eigenvalue weighted by molar-refractivity contribution is -0.384. The van der Waals surface area contributed by atoms with E-state index in [-0.39, 0.29) is 5.69 Å². The number of aryl methyl sites for hydroxylation is 1. The minimum atomic E-state index is -0.433. The molecule has 0 amide bonds. The number of hydrazone groups is 1. The van der Waals surface area contributed by atoms with Crippen LogP contribution in [0, 0.1) is 17.0 Å². The van der Waals surface area contributed by atoms with Crippen LogP contribution in [0.3, 0.4) is 0 Å². The monoisotopic (exact) mass is 350 g/mol. The van der Waals surface area contributed by atoms with Crippen LogP contribution in [0.1, 0.15) is 11.4 Å². The Labute approximate surface area is 150 Å². The van der Waals surface area contributed by atoms with Crippen molar-refractivity contribution in [2.45, 2.75) is 6.92 Å². The van der Waals surface area contributed by atoms with E-state index >= 15 is 0 Å². The molecule has 1 heterocycles. The first-order valence-electron chi connectivity index (χ1n) is 7.95. The van der Waals surface area contributed by atoms with Gasteiger partial charge in [0.05, 0.1) is 29.6 Å². The molecular formula is C19H18N4O3. The Morgan fingerprint density at radius 2 is 1.77 bits per heavy atom. The minimum absolute atomic E-state index is 0.0449. The SMILES string of the molecule is COc1ccc(-n2c(C)ccc2/C=N/Nc2ccc([N+](=O)[O-])cc2)cc1. The number of nitrogens with zero attached hydrogens (tertiary/aromatic N) is 3. The number of nitrogens with one attached hydrogen (secondary N) is 1. The van der Waals surface area contributed by atoms with E-state index in [1.165, 1.54) is 12.1 Å². The molecule has 7 nitrogen and oxygen atoms in total. The second kappa shape index (κ2) is 7.52. The highest BCUT2D eigenvalue weighted by molar-refractivity contribution is 5.80. The van der Waals surface area contributed by atoms with E-state index in [2.05, 4.69) is 15.1 Å². The zero-order valence-corrected chi connectivity index (χ0v) is 14.4. The van der Waals surface area contributed by atoms with Gasteiger partial charge in [0.25, 0.3) is 5.69 Å². The molecule has 26 heavy (non-hydrogen) atoms. The highest BCUT2D eigenvalue weighted by Crippen LogP contribution is 2.19. The standard InChI is InChI=1S/C19H18N4O3/c1-14-3-6-18(22(14)16-9-11-19(26-2)12-10-16)13-20-21-15-4-7-17(8-5-15)23(24)25/h3-13,21H,1-2H3/b20-13+. The maximum absolute atomic E-state index is 10.7. The van der Waals surface area contributed by atoms with Gasteiger partial charge in [0.1, 0.15) is 5.75 Å². The van der Waals surface area contributed by atoms with Crippen LogP contribution in [0.4, 0.5) is 11.4 Å². The van der Waals surface area contributed by atoms with Gasteiger partial charge in [-0.1, -0.05) is 0 Å². The molecule has 0 radical (unpaired) electrons. The summed E-state index contributed by atoms with van der Waals surface area (Å²) in [7, 11) is 1.64. The number of rotatable bonds is 6. The summed E-state index contributed by atoms with van der Waals surface area (Å²) in [5.41, 5.74) is 6.58. The van der Waals surface area contributed by atoms with Gasteiger partial charge in [0.15, 0.2) is 0 Å². The number of anilines is 1. The number of ether oxygens (including phenoxy) is 1. The first-order valence-corrected chi connectivity index (χ1v) is 7.95. The van der Waals surface area contributed by atoms with Gasteiger partial charge in [0, 0.05) is 23.5 Å². The third-order valence-electron chi connectivity index (χ3n) is 3.91. The average Bonchev–Trinajstić information content (AvgIpc) is 3.03. The highest BCUT2D eigenvalue weighted by Gasteiger charge is 2.06. The summed E-state index contributed by atoms with van der Waals surface area (Å²) in [6.07, 6.45) is 1.71. The van der Waals surface area contributed by atoms with Crippen LogP contribution in [0.2, 0.25) is 0 Å². The van der Waals surface area contributed by atoms with Gasteiger partial charge in [-0.05, 0) is 55.5 Å². The van der Waals surface area contributed by atoms with E-state index < -0.39 is 4.92 Å². The maximum Gasteiger partial charge on any atom is 0.269 e. The van der Waals surface area contributed by atoms with E-state index in [0.717, 1.165) is 22.8 Å². The van der Waals surface area contributed by atoms with Gasteiger partial charge < -0.3 is 9.30 Å². The number of methoxy groups -OCH3 is 1. The van der Waals surface area contributed by atoms with Crippen molar-refractivity contribution in [1.29, 1.82) is 0 Å². The smallest absolute Gasteiger partial charge is 0.269 e. The number of hydrogen-bond acceptors (Lipinski definition) is 5. The van der Waals surface area contributed by atoms with E-state index in [9.17, 15) is 10.1 Å². The molecule has 0 bridgehead atoms. The predicted octanol–water partition coefficient (Wildman–Crippen LogP) is 4.15. The number of hydrogen-bond donors (Lipinski definition) is 1. The normalized spacial score (nSPS) is 10.8. The molecule has 7 heteroatoms. The van der Waals surface area contributed by atoms with Crippen molar-refractivity contribution in [3.63, 3.8) is 0 Å². The van der Waals surface area contributed by atoms with Crippen molar-refractivity contribution in [1.82, 2.24) is 4.57 Å². The van der Waals surface area contributed by atoms with Crippen molar-refractivity contribution < 1.29 is 9.66 Å². The quantitative estimate of drug-likeness (QED) is 0.411. The number of benzene rings is 2. The molecule has 0 saturated carbocycles. The Balaban J connectivity index is 1.77. The molecule has 0 aliphatic rings. The fourth-order valence-corrected chi connectivity index (χ4v) is 2.57. The van der Waals surface area contributed by atoms with E-state index in [0.29, 0.717) is 5.69 Å². The lowest BCUT2D eigenvalue weighted by atomic mass is 10.3. The Morgan fingerprint density at radius 3 is 2.38 bits per heavy atom. The number of nitro benzene ring substituents is 1. The number of non-ortho nitro benzene ring substituents is 1. The maximum atomic E-state index is 10.7. The largest absolute Gasteiger partial charge is 0.497 e. The summed E-state index contributed by atoms with van der Waals surface area (Å²) in [5, 5.41) is 14.9. The van der Waals surface area contributed by atoms with Crippen LogP contribution in [-0.2, 0) is 0 Å². The molecule has 0 saturated heterocycles. The first-order chi connectivity index (χ1) is 12.6. The topological polar surface area (TPSA) is 81.7 Å². The molecule has 0 unspecified atom stereocenters. The fourth-order valence-electron chi connectivity index (χ4n) is 2.57. The summed E-state index contributed by atoms with van der Waals surface area (Å²) in [4.78, 5) is 10.2. The Morgan fingerprint density at radius 1 is 1.08 bits per heavy atom. The molecule has 0 atom stereocenters. The molecule has 0 spiro atoms. The molecule has 132 valence electrons. The van der Waals surface area contributed by atoms with Gasteiger partial charge >= 0.3 is 0 Å². The molecule has 1 N–H and O–H groups in total. The molecule has 2 aromatic carbocycles. The van der Waals surface area contributed by atoms with Gasteiger partial charge in [-0.25, -0.2) is 0 Å². The van der Waals surface area contributed by atoms with Crippen molar-refractivity contribution in [2.24, 2.45) is 5.10 Å². The van der Waals surface area contributed by atoms with Crippen LogP contribution in [-0.4, -0.2) is 22.8 Å². The summed E-state index contributed by atoms with van der Waals surface area (Å²) < 4.78 is 7.27. The van der Waals surface area contributed by atoms with Crippen molar-refractivity contribution in [3.05, 3.63) is 82.2 Å². The van der Waals surface area contributed by atoms with Crippen molar-refractivity contribution >= 4 is 17.6 Å². The van der Waals surface area contributed by atoms with Crippen molar-refractivity contribution in [2.75, 3.05) is 12.5 Å². The van der Waals surface area contributed by atoms with Crippen LogP contribution in [0.5, 0.6) is 5.75 Å². The summed E-state index contributed by atoms with van der Waals surface area (Å²) >= 11 is 0. The van der Waals surface area contributed by atoms with E-state index in [1.54, 1.807) is 25.5 Å². The van der Waals surface area contributed by atoms with Gasteiger partial charge in [0.2, 0.25) is 0 Å². The molecule has 0 aliphatic heterocycles. The zero-order valence-electron chi connectivity index (χ0n) is 14.4. The lowest BCUT2D eigenvalue weighted by Crippen LogP contribution is -2.02. The van der Waals surface area contributed by atoms with Crippen LogP contribution >= 0.6 is 0 Å². The molecule has 3 rings (SSSR count). The van der Waals surface area contributed by atoms with Crippen LogP contribution in [0.15, 0.2) is 65.8 Å². The third kappa shape index (κ3) is 3.72. The second-order valence-corrected chi connectivity index (χ2v) is 5.61. The summed E-state index contributed by atoms with van der Waals surface area (Å²) in [6.45, 7) is 2.02. The molecule has 3 aromatic rings. The summed E-state index contributed by atoms with van der Waals surface area (Å²) in [6, 6.07) is 17.9. The molecule has 0 fully saturated rings. The second-order valence-electron chi connectivity index (χ2n) is 5.61. The molecule has 1 aromatic heterocycles. The third-order valence-corrected chi connectivity index (χ3v) is 3.91. The average molecular weight is 350 g/mol. The Kier molecular flexibility index (Phi) is 4.98. The Bertz CT molecular complexity index is 928. The Hall–Kier alpha value is -3.61. The molecular weight excluding hydrogens is 332 g/mol. The first kappa shape index (κ1) is 17.2. The zero-order chi connectivity index (χ0) is 18.5. The van der Waals surface area contributed by atoms with Crippen molar-refractivity contribution in [3.8, 4) is 11.4 Å². The predicted molar refractivity (Wildman–Crippen MR) is 101 cm³/mol. The van der Waals surface area contributed by atoms with Crippen LogP contribution in [0.25, 0.3) is 5.69 Å². The van der Waals surface area contributed by atoms with E-state index in [1.807, 2.05) is 43.3 Å². The highest BCUT2D eigenvalue weighted by atomic mass is 16.6. The molecule has 0 aliphatic carbocycles. The lowest BCUT2D eigenvalue weighted by Gasteiger charge is -2.10. The number of aromatic nitrogens is 1. The van der Waals surface area contributed by atoms with Gasteiger partial charge in [-0.2, -0.15) is 5.10 Å². The summed E-state index contributed by atoms with van der Waals surface area (Å²) in [5.74, 6) is 0.800. The minimum Gasteiger partial charge on any atom is -0.497 e. The van der Waals surface area contributed by atoms with Gasteiger partial charge in [-0.3, -0.25) is 15.5 Å². The van der Waals surface area contributed by atoms with E-state index in [4.69, 9.17) is 4.74 Å². The van der Waals surface area contributed by atoms with Crippen LogP contribution < -0.4 is 10.2 Å². The fraction of sp³-hybridized carbons (Fsp3) is 0.105. The number of nitro groups is 1. The van der Waals surface area contributed by atoms with Gasteiger partial charge in [-0.15, -0.1) is 0 Å².